The number of hydrogen-bond acceptors (Lipinski definition) is 6. The normalized spacial score (nSPS) is 28.7. The lowest BCUT2D eigenvalue weighted by atomic mass is 9.65. The van der Waals surface area contributed by atoms with Gasteiger partial charge in [-0.15, -0.1) is 6.58 Å². The summed E-state index contributed by atoms with van der Waals surface area (Å²) in [6.07, 6.45) is 3.29. The average Bonchev–Trinajstić information content (AvgIpc) is 2.68. The maximum Gasteiger partial charge on any atom is 0.269 e. The minimum absolute atomic E-state index is 0.0511. The molecule has 1 N–H and O–H groups in total. The SMILES string of the molecule is C=CCN1C(=O)[C@]2(Cc3cc([N+](=O)[O-])ccc3N3CC[C@@H](C)C[C@@H]32)C(=O)NC1=S. The van der Waals surface area contributed by atoms with Gasteiger partial charge in [0, 0.05) is 37.3 Å². The summed E-state index contributed by atoms with van der Waals surface area (Å²) in [5.41, 5.74) is 0.0780. The Morgan fingerprint density at radius 2 is 2.21 bits per heavy atom. The third-order valence-corrected chi connectivity index (χ3v) is 6.62. The number of carbonyl (C=O) groups excluding carboxylic acids is 2. The van der Waals surface area contributed by atoms with Gasteiger partial charge in [-0.3, -0.25) is 24.6 Å². The molecule has 1 aromatic rings. The highest BCUT2D eigenvalue weighted by molar-refractivity contribution is 7.80. The maximum absolute atomic E-state index is 13.7. The zero-order valence-electron chi connectivity index (χ0n) is 16.1. The van der Waals surface area contributed by atoms with Crippen molar-refractivity contribution in [2.75, 3.05) is 18.0 Å². The molecule has 3 aliphatic rings. The number of rotatable bonds is 3. The molecule has 3 aliphatic heterocycles. The van der Waals surface area contributed by atoms with Gasteiger partial charge in [-0.1, -0.05) is 13.0 Å². The van der Waals surface area contributed by atoms with E-state index in [1.807, 2.05) is 0 Å². The smallest absolute Gasteiger partial charge is 0.269 e. The van der Waals surface area contributed by atoms with E-state index in [1.54, 1.807) is 12.1 Å². The first-order chi connectivity index (χ1) is 13.8. The van der Waals surface area contributed by atoms with E-state index in [0.717, 1.165) is 12.1 Å². The number of nitro groups is 1. The van der Waals surface area contributed by atoms with Gasteiger partial charge in [0.1, 0.15) is 0 Å². The van der Waals surface area contributed by atoms with Crippen molar-refractivity contribution in [3.63, 3.8) is 0 Å². The largest absolute Gasteiger partial charge is 0.367 e. The Morgan fingerprint density at radius 1 is 1.45 bits per heavy atom. The fraction of sp³-hybridized carbons (Fsp3) is 0.450. The van der Waals surface area contributed by atoms with Gasteiger partial charge < -0.3 is 10.2 Å². The highest BCUT2D eigenvalue weighted by Crippen LogP contribution is 2.49. The number of hydrogen-bond donors (Lipinski definition) is 1. The van der Waals surface area contributed by atoms with E-state index >= 15 is 0 Å². The van der Waals surface area contributed by atoms with Crippen LogP contribution < -0.4 is 10.2 Å². The molecule has 0 aromatic heterocycles. The number of non-ortho nitro benzene ring substituents is 1. The number of thiocarbonyl (C=S) groups is 1. The number of nitro benzene ring substituents is 1. The van der Waals surface area contributed by atoms with Gasteiger partial charge in [-0.2, -0.15) is 0 Å². The van der Waals surface area contributed by atoms with E-state index in [4.69, 9.17) is 12.2 Å². The molecule has 152 valence electrons. The summed E-state index contributed by atoms with van der Waals surface area (Å²) in [6.45, 7) is 6.69. The van der Waals surface area contributed by atoms with Gasteiger partial charge >= 0.3 is 0 Å². The van der Waals surface area contributed by atoms with Crippen molar-refractivity contribution in [1.82, 2.24) is 10.2 Å². The molecule has 1 spiro atoms. The summed E-state index contributed by atoms with van der Waals surface area (Å²) >= 11 is 5.22. The number of nitrogens with one attached hydrogen (secondary N) is 1. The predicted octanol–water partition coefficient (Wildman–Crippen LogP) is 2.17. The number of anilines is 1. The molecule has 0 aliphatic carbocycles. The molecule has 0 saturated carbocycles. The summed E-state index contributed by atoms with van der Waals surface area (Å²) in [4.78, 5) is 41.3. The Kier molecular flexibility index (Phi) is 4.65. The Hall–Kier alpha value is -2.81. The molecule has 3 atom stereocenters. The molecule has 0 bridgehead atoms. The fourth-order valence-corrected chi connectivity index (χ4v) is 5.12. The number of fused-ring (bicyclic) bond motifs is 4. The molecule has 9 heteroatoms. The zero-order chi connectivity index (χ0) is 20.9. The molecule has 0 radical (unpaired) electrons. The van der Waals surface area contributed by atoms with Crippen molar-refractivity contribution in [1.29, 1.82) is 0 Å². The van der Waals surface area contributed by atoms with Crippen LogP contribution in [-0.2, 0) is 16.0 Å². The summed E-state index contributed by atoms with van der Waals surface area (Å²) in [6, 6.07) is 4.37. The minimum atomic E-state index is -1.37. The average molecular weight is 414 g/mol. The topological polar surface area (TPSA) is 95.8 Å². The van der Waals surface area contributed by atoms with Gasteiger partial charge in [-0.05, 0) is 42.6 Å². The molecule has 0 unspecified atom stereocenters. The number of carbonyl (C=O) groups is 2. The number of benzene rings is 1. The summed E-state index contributed by atoms with van der Waals surface area (Å²) < 4.78 is 0. The first kappa shape index (κ1) is 19.5. The van der Waals surface area contributed by atoms with Crippen molar-refractivity contribution in [2.45, 2.75) is 32.2 Å². The molecule has 2 saturated heterocycles. The Balaban J connectivity index is 1.89. The van der Waals surface area contributed by atoms with Gasteiger partial charge in [0.25, 0.3) is 5.69 Å². The van der Waals surface area contributed by atoms with Crippen LogP contribution in [0.25, 0.3) is 0 Å². The lowest BCUT2D eigenvalue weighted by Crippen LogP contribution is -2.72. The van der Waals surface area contributed by atoms with E-state index in [-0.39, 0.29) is 35.7 Å². The first-order valence-corrected chi connectivity index (χ1v) is 10.0. The molecule has 4 rings (SSSR count). The zero-order valence-corrected chi connectivity index (χ0v) is 16.9. The molecule has 1 aromatic carbocycles. The monoisotopic (exact) mass is 414 g/mol. The first-order valence-electron chi connectivity index (χ1n) is 9.62. The van der Waals surface area contributed by atoms with E-state index in [2.05, 4.69) is 23.7 Å². The van der Waals surface area contributed by atoms with Crippen LogP contribution in [0.5, 0.6) is 0 Å². The lowest BCUT2D eigenvalue weighted by Gasteiger charge is -2.55. The van der Waals surface area contributed by atoms with E-state index in [0.29, 0.717) is 24.4 Å². The van der Waals surface area contributed by atoms with Crippen LogP contribution in [0.15, 0.2) is 30.9 Å². The highest BCUT2D eigenvalue weighted by atomic mass is 32.1. The minimum Gasteiger partial charge on any atom is -0.367 e. The van der Waals surface area contributed by atoms with Crippen LogP contribution in [0, 0.1) is 21.4 Å². The third kappa shape index (κ3) is 2.83. The van der Waals surface area contributed by atoms with Crippen LogP contribution in [0.3, 0.4) is 0 Å². The Labute approximate surface area is 173 Å². The molecule has 8 nitrogen and oxygen atoms in total. The van der Waals surface area contributed by atoms with Gasteiger partial charge in [0.05, 0.1) is 11.0 Å². The predicted molar refractivity (Wildman–Crippen MR) is 111 cm³/mol. The van der Waals surface area contributed by atoms with Crippen LogP contribution in [0.4, 0.5) is 11.4 Å². The molecular formula is C20H22N4O4S. The Morgan fingerprint density at radius 3 is 2.90 bits per heavy atom. The van der Waals surface area contributed by atoms with Crippen LogP contribution in [0.2, 0.25) is 0 Å². The second-order valence-corrected chi connectivity index (χ2v) is 8.41. The number of nitrogens with zero attached hydrogens (tertiary/aromatic N) is 3. The van der Waals surface area contributed by atoms with E-state index < -0.39 is 16.2 Å². The van der Waals surface area contributed by atoms with Gasteiger partial charge in [0.2, 0.25) is 11.8 Å². The Bertz CT molecular complexity index is 948. The maximum atomic E-state index is 13.7. The lowest BCUT2D eigenvalue weighted by molar-refractivity contribution is -0.384. The summed E-state index contributed by atoms with van der Waals surface area (Å²) in [7, 11) is 0. The quantitative estimate of drug-likeness (QED) is 0.268. The van der Waals surface area contributed by atoms with Crippen LogP contribution >= 0.6 is 12.2 Å². The van der Waals surface area contributed by atoms with Crippen molar-refractivity contribution in [3.8, 4) is 0 Å². The second kappa shape index (κ2) is 6.91. The molecule has 3 heterocycles. The van der Waals surface area contributed by atoms with E-state index in [1.165, 1.54) is 17.0 Å². The summed E-state index contributed by atoms with van der Waals surface area (Å²) in [5.74, 6) is -0.420. The van der Waals surface area contributed by atoms with Crippen LogP contribution in [0.1, 0.15) is 25.3 Å². The standard InChI is InChI=1S/C20H22N4O4S/c1-3-7-23-18(26)20(17(25)21-19(23)29)11-13-10-14(24(27)28)4-5-15(13)22-8-6-12(2)9-16(20)22/h3-5,10,12,16H,1,6-9,11H2,2H3,(H,21,25,29)/t12-,16-,20+/m1/s1. The third-order valence-electron chi connectivity index (χ3n) is 6.30. The second-order valence-electron chi connectivity index (χ2n) is 8.02. The number of piperidine rings is 1. The van der Waals surface area contributed by atoms with E-state index in [9.17, 15) is 19.7 Å². The van der Waals surface area contributed by atoms with Gasteiger partial charge in [0.15, 0.2) is 10.5 Å². The summed E-state index contributed by atoms with van der Waals surface area (Å²) in [5, 5.41) is 14.1. The fourth-order valence-electron chi connectivity index (χ4n) is 4.87. The molecule has 2 fully saturated rings. The van der Waals surface area contributed by atoms with Gasteiger partial charge in [-0.25, -0.2) is 0 Å². The molecular weight excluding hydrogens is 392 g/mol. The molecule has 2 amide bonds. The van der Waals surface area contributed by atoms with Crippen molar-refractivity contribution >= 4 is 40.5 Å². The van der Waals surface area contributed by atoms with Crippen molar-refractivity contribution in [2.24, 2.45) is 11.3 Å². The van der Waals surface area contributed by atoms with Crippen molar-refractivity contribution < 1.29 is 14.5 Å². The van der Waals surface area contributed by atoms with Crippen molar-refractivity contribution in [3.05, 3.63) is 46.5 Å². The number of amides is 2. The highest BCUT2D eigenvalue weighted by Gasteiger charge is 2.61. The van der Waals surface area contributed by atoms with Crippen LogP contribution in [-0.4, -0.2) is 45.9 Å². The molecule has 29 heavy (non-hydrogen) atoms.